The molecule has 0 bridgehead atoms. The molecule has 7 nitrogen and oxygen atoms in total. The molecule has 0 fully saturated rings. The van der Waals surface area contributed by atoms with Gasteiger partial charge in [-0.3, -0.25) is 9.59 Å². The molecule has 0 heterocycles. The molecule has 0 radical (unpaired) electrons. The molecule has 0 N–H and O–H groups in total. The Morgan fingerprint density at radius 1 is 0.862 bits per heavy atom. The summed E-state index contributed by atoms with van der Waals surface area (Å²) in [5, 5.41) is 0. The van der Waals surface area contributed by atoms with Crippen molar-refractivity contribution < 1.29 is 33.3 Å². The van der Waals surface area contributed by atoms with Gasteiger partial charge in [0.25, 0.3) is 0 Å². The van der Waals surface area contributed by atoms with Crippen molar-refractivity contribution in [3.05, 3.63) is 48.6 Å². The molecule has 7 heteroatoms. The standard InChI is InChI=1S/C22H24O7/c1-6-12-27-13-16-17(25-4)10-11-18(26-5)21(16)22-19(28-14(2)23)8-7-9-20(22)29-15(3)24/h6-11H,1,12-13H2,2-5H3. The van der Waals surface area contributed by atoms with Crippen molar-refractivity contribution in [3.8, 4) is 34.1 Å². The molecule has 2 rings (SSSR count). The normalized spacial score (nSPS) is 10.2. The van der Waals surface area contributed by atoms with Crippen LogP contribution >= 0.6 is 0 Å². The molecule has 0 unspecified atom stereocenters. The van der Waals surface area contributed by atoms with Crippen LogP contribution in [-0.2, 0) is 20.9 Å². The van der Waals surface area contributed by atoms with Gasteiger partial charge in [0.05, 0.1) is 33.0 Å². The lowest BCUT2D eigenvalue weighted by molar-refractivity contribution is -0.132. The average molecular weight is 400 g/mol. The second kappa shape index (κ2) is 10.3. The smallest absolute Gasteiger partial charge is 0.308 e. The molecule has 0 saturated heterocycles. The highest BCUT2D eigenvalue weighted by Crippen LogP contribution is 2.47. The van der Waals surface area contributed by atoms with E-state index in [1.807, 2.05) is 0 Å². The van der Waals surface area contributed by atoms with Crippen molar-refractivity contribution >= 4 is 11.9 Å². The van der Waals surface area contributed by atoms with Crippen LogP contribution in [0.1, 0.15) is 19.4 Å². The van der Waals surface area contributed by atoms with Crippen LogP contribution in [0.2, 0.25) is 0 Å². The van der Waals surface area contributed by atoms with Gasteiger partial charge in [-0.25, -0.2) is 0 Å². The first-order valence-corrected chi connectivity index (χ1v) is 8.85. The number of methoxy groups -OCH3 is 2. The minimum Gasteiger partial charge on any atom is -0.496 e. The highest BCUT2D eigenvalue weighted by Gasteiger charge is 2.25. The zero-order valence-electron chi connectivity index (χ0n) is 16.9. The third kappa shape index (κ3) is 5.36. The summed E-state index contributed by atoms with van der Waals surface area (Å²) in [4.78, 5) is 23.4. The van der Waals surface area contributed by atoms with Gasteiger partial charge in [-0.2, -0.15) is 0 Å². The molecule has 2 aromatic rings. The average Bonchev–Trinajstić information content (AvgIpc) is 2.67. The molecule has 154 valence electrons. The lowest BCUT2D eigenvalue weighted by Gasteiger charge is -2.21. The molecule has 0 atom stereocenters. The van der Waals surface area contributed by atoms with Crippen LogP contribution in [0.3, 0.4) is 0 Å². The van der Waals surface area contributed by atoms with Gasteiger partial charge in [0, 0.05) is 25.0 Å². The van der Waals surface area contributed by atoms with E-state index in [0.717, 1.165) is 0 Å². The van der Waals surface area contributed by atoms with Crippen LogP contribution in [0.4, 0.5) is 0 Å². The number of hydrogen-bond acceptors (Lipinski definition) is 7. The summed E-state index contributed by atoms with van der Waals surface area (Å²) in [6, 6.07) is 8.30. The van der Waals surface area contributed by atoms with Crippen LogP contribution in [-0.4, -0.2) is 32.8 Å². The first-order chi connectivity index (χ1) is 13.9. The molecule has 0 aliphatic carbocycles. The van der Waals surface area contributed by atoms with Gasteiger partial charge < -0.3 is 23.7 Å². The van der Waals surface area contributed by atoms with E-state index in [-0.39, 0.29) is 18.1 Å². The Morgan fingerprint density at radius 3 is 1.90 bits per heavy atom. The molecular weight excluding hydrogens is 376 g/mol. The molecular formula is C22H24O7. The second-order valence-corrected chi connectivity index (χ2v) is 5.94. The molecule has 0 aliphatic heterocycles. The predicted molar refractivity (Wildman–Crippen MR) is 107 cm³/mol. The second-order valence-electron chi connectivity index (χ2n) is 5.94. The van der Waals surface area contributed by atoms with Crippen molar-refractivity contribution in [2.75, 3.05) is 20.8 Å². The van der Waals surface area contributed by atoms with Crippen LogP contribution in [0, 0.1) is 0 Å². The maximum Gasteiger partial charge on any atom is 0.308 e. The minimum absolute atomic E-state index is 0.162. The minimum atomic E-state index is -0.516. The third-order valence-corrected chi connectivity index (χ3v) is 3.90. The van der Waals surface area contributed by atoms with Crippen LogP contribution < -0.4 is 18.9 Å². The maximum atomic E-state index is 11.7. The van der Waals surface area contributed by atoms with Crippen molar-refractivity contribution in [2.45, 2.75) is 20.5 Å². The van der Waals surface area contributed by atoms with E-state index < -0.39 is 11.9 Å². The van der Waals surface area contributed by atoms with Crippen LogP contribution in [0.5, 0.6) is 23.0 Å². The Morgan fingerprint density at radius 2 is 1.41 bits per heavy atom. The van der Waals surface area contributed by atoms with E-state index in [9.17, 15) is 9.59 Å². The monoisotopic (exact) mass is 400 g/mol. The molecule has 0 aromatic heterocycles. The van der Waals surface area contributed by atoms with Gasteiger partial charge in [0.15, 0.2) is 0 Å². The van der Waals surface area contributed by atoms with Crippen molar-refractivity contribution in [3.63, 3.8) is 0 Å². The topological polar surface area (TPSA) is 80.3 Å². The zero-order chi connectivity index (χ0) is 21.4. The molecule has 0 aliphatic rings. The molecule has 2 aromatic carbocycles. The first kappa shape index (κ1) is 22.0. The molecule has 0 saturated carbocycles. The van der Waals surface area contributed by atoms with Crippen molar-refractivity contribution in [1.29, 1.82) is 0 Å². The number of carbonyl (C=O) groups excluding carboxylic acids is 2. The van der Waals surface area contributed by atoms with Crippen LogP contribution in [0.25, 0.3) is 11.1 Å². The molecule has 29 heavy (non-hydrogen) atoms. The summed E-state index contributed by atoms with van der Waals surface area (Å²) >= 11 is 0. The predicted octanol–water partition coefficient (Wildman–Crippen LogP) is 3.92. The van der Waals surface area contributed by atoms with Crippen molar-refractivity contribution in [1.82, 2.24) is 0 Å². The summed E-state index contributed by atoms with van der Waals surface area (Å²) < 4.78 is 27.5. The van der Waals surface area contributed by atoms with Gasteiger partial charge in [-0.15, -0.1) is 6.58 Å². The quantitative estimate of drug-likeness (QED) is 0.273. The highest BCUT2D eigenvalue weighted by atomic mass is 16.5. The first-order valence-electron chi connectivity index (χ1n) is 8.85. The van der Waals surface area contributed by atoms with Crippen LogP contribution in [0.15, 0.2) is 43.0 Å². The zero-order valence-corrected chi connectivity index (χ0v) is 16.9. The lowest BCUT2D eigenvalue weighted by atomic mass is 9.96. The van der Waals surface area contributed by atoms with E-state index in [1.54, 1.807) is 36.4 Å². The fraction of sp³-hybridized carbons (Fsp3) is 0.273. The SMILES string of the molecule is C=CCOCc1c(OC)ccc(OC)c1-c1c(OC(C)=O)cccc1OC(C)=O. The number of esters is 2. The number of rotatable bonds is 9. The fourth-order valence-electron chi connectivity index (χ4n) is 2.87. The fourth-order valence-corrected chi connectivity index (χ4v) is 2.87. The summed E-state index contributed by atoms with van der Waals surface area (Å²) in [6.07, 6.45) is 1.63. The summed E-state index contributed by atoms with van der Waals surface area (Å²) in [5.41, 5.74) is 1.55. The Labute approximate surface area is 169 Å². The van der Waals surface area contributed by atoms with Gasteiger partial charge >= 0.3 is 11.9 Å². The summed E-state index contributed by atoms with van der Waals surface area (Å²) in [7, 11) is 3.05. The van der Waals surface area contributed by atoms with Gasteiger partial charge in [0.1, 0.15) is 23.0 Å². The molecule has 0 spiro atoms. The number of carbonyl (C=O) groups is 2. The van der Waals surface area contributed by atoms with E-state index in [2.05, 4.69) is 6.58 Å². The van der Waals surface area contributed by atoms with Gasteiger partial charge in [0.2, 0.25) is 0 Å². The van der Waals surface area contributed by atoms with Gasteiger partial charge in [-0.05, 0) is 24.3 Å². The Hall–Kier alpha value is -3.32. The summed E-state index contributed by atoms with van der Waals surface area (Å²) in [5.74, 6) is 0.405. The Kier molecular flexibility index (Phi) is 7.79. The summed E-state index contributed by atoms with van der Waals surface area (Å²) in [6.45, 7) is 6.71. The highest BCUT2D eigenvalue weighted by molar-refractivity contribution is 5.88. The van der Waals surface area contributed by atoms with Gasteiger partial charge in [-0.1, -0.05) is 12.1 Å². The van der Waals surface area contributed by atoms with E-state index >= 15 is 0 Å². The third-order valence-electron chi connectivity index (χ3n) is 3.90. The van der Waals surface area contributed by atoms with Crippen molar-refractivity contribution in [2.24, 2.45) is 0 Å². The van der Waals surface area contributed by atoms with E-state index in [1.165, 1.54) is 28.1 Å². The Balaban J connectivity index is 2.83. The lowest BCUT2D eigenvalue weighted by Crippen LogP contribution is -2.09. The number of ether oxygens (including phenoxy) is 5. The number of hydrogen-bond donors (Lipinski definition) is 0. The van der Waals surface area contributed by atoms with E-state index in [4.69, 9.17) is 23.7 Å². The van der Waals surface area contributed by atoms with E-state index in [0.29, 0.717) is 34.8 Å². The number of benzene rings is 2. The Bertz CT molecular complexity index is 868. The molecule has 0 amide bonds. The largest absolute Gasteiger partial charge is 0.496 e. The maximum absolute atomic E-state index is 11.7.